The van der Waals surface area contributed by atoms with Crippen LogP contribution >= 0.6 is 0 Å². The Labute approximate surface area is 197 Å². The molecule has 1 aromatic heterocycles. The summed E-state index contributed by atoms with van der Waals surface area (Å²) < 4.78 is 32.4. The van der Waals surface area contributed by atoms with Crippen molar-refractivity contribution in [2.45, 2.75) is 31.2 Å². The first-order valence-electron chi connectivity index (χ1n) is 10.6. The normalized spacial score (nSPS) is 23.6. The molecule has 1 aliphatic rings. The average Bonchev–Trinajstić information content (AvgIpc) is 3.10. The van der Waals surface area contributed by atoms with Crippen LogP contribution in [-0.2, 0) is 14.2 Å². The van der Waals surface area contributed by atoms with Gasteiger partial charge in [-0.3, -0.25) is 14.3 Å². The highest BCUT2D eigenvalue weighted by Crippen LogP contribution is 2.41. The fourth-order valence-electron chi connectivity index (χ4n) is 3.61. The van der Waals surface area contributed by atoms with Gasteiger partial charge in [0.25, 0.3) is 11.4 Å². The van der Waals surface area contributed by atoms with Crippen LogP contribution in [0.25, 0.3) is 0 Å². The Balaban J connectivity index is 1.64. The molecule has 0 bridgehead atoms. The molecule has 1 saturated heterocycles. The molecule has 11 heteroatoms. The van der Waals surface area contributed by atoms with E-state index in [0.29, 0.717) is 4.57 Å². The minimum absolute atomic E-state index is 0.0424. The maximum absolute atomic E-state index is 15.8. The molecule has 0 saturated carbocycles. The van der Waals surface area contributed by atoms with Gasteiger partial charge in [-0.15, -0.1) is 0 Å². The predicted molar refractivity (Wildman–Crippen MR) is 118 cm³/mol. The van der Waals surface area contributed by atoms with E-state index in [1.165, 1.54) is 31.2 Å². The zero-order valence-corrected chi connectivity index (χ0v) is 18.4. The van der Waals surface area contributed by atoms with Gasteiger partial charge in [-0.2, -0.15) is 0 Å². The molecule has 0 unspecified atom stereocenters. The molecule has 0 amide bonds. The van der Waals surface area contributed by atoms with Crippen molar-refractivity contribution in [1.29, 1.82) is 0 Å². The van der Waals surface area contributed by atoms with Crippen molar-refractivity contribution in [3.05, 3.63) is 104 Å². The van der Waals surface area contributed by atoms with Gasteiger partial charge >= 0.3 is 17.6 Å². The third kappa shape index (κ3) is 4.91. The van der Waals surface area contributed by atoms with E-state index in [1.54, 1.807) is 36.4 Å². The fraction of sp³-hybridized carbons (Fsp3) is 0.250. The number of halogens is 1. The average molecular weight is 484 g/mol. The summed E-state index contributed by atoms with van der Waals surface area (Å²) in [6.45, 7) is 0.757. The first-order valence-corrected chi connectivity index (χ1v) is 10.6. The lowest BCUT2D eigenvalue weighted by atomic mass is 10.1. The summed E-state index contributed by atoms with van der Waals surface area (Å²) in [5.74, 6) is -5.16. The third-order valence-corrected chi connectivity index (χ3v) is 5.42. The van der Waals surface area contributed by atoms with Crippen molar-refractivity contribution in [2.24, 2.45) is 0 Å². The van der Waals surface area contributed by atoms with Gasteiger partial charge in [0.15, 0.2) is 6.10 Å². The highest BCUT2D eigenvalue weighted by molar-refractivity contribution is 5.90. The number of H-pyrrole nitrogens is 1. The molecule has 2 N–H and O–H groups in total. The summed E-state index contributed by atoms with van der Waals surface area (Å²) >= 11 is 0. The van der Waals surface area contributed by atoms with Crippen LogP contribution in [0.3, 0.4) is 0 Å². The van der Waals surface area contributed by atoms with Crippen LogP contribution in [0.2, 0.25) is 0 Å². The molecule has 4 atom stereocenters. The molecule has 2 heterocycles. The van der Waals surface area contributed by atoms with E-state index in [2.05, 4.69) is 0 Å². The number of carbonyl (C=O) groups is 2. The van der Waals surface area contributed by atoms with E-state index in [-0.39, 0.29) is 16.7 Å². The molecular weight excluding hydrogens is 463 g/mol. The Morgan fingerprint density at radius 2 is 1.63 bits per heavy atom. The molecule has 1 fully saturated rings. The number of aromatic amines is 1. The zero-order chi connectivity index (χ0) is 25.2. The van der Waals surface area contributed by atoms with Crippen LogP contribution in [0.1, 0.15) is 32.5 Å². The summed E-state index contributed by atoms with van der Waals surface area (Å²) in [7, 11) is 0. The maximum atomic E-state index is 15.8. The van der Waals surface area contributed by atoms with Gasteiger partial charge < -0.3 is 19.3 Å². The molecule has 3 aromatic rings. The van der Waals surface area contributed by atoms with E-state index in [0.717, 1.165) is 6.20 Å². The first-order chi connectivity index (χ1) is 16.7. The van der Waals surface area contributed by atoms with E-state index in [1.807, 2.05) is 4.98 Å². The monoisotopic (exact) mass is 484 g/mol. The number of nitrogens with one attached hydrogen (secondary N) is 1. The van der Waals surface area contributed by atoms with E-state index >= 15 is 4.39 Å². The zero-order valence-electron chi connectivity index (χ0n) is 18.4. The van der Waals surface area contributed by atoms with Crippen LogP contribution in [0.15, 0.2) is 76.4 Å². The lowest BCUT2D eigenvalue weighted by Crippen LogP contribution is -2.48. The summed E-state index contributed by atoms with van der Waals surface area (Å²) in [6, 6.07) is 15.6. The molecular formula is C24H21FN2O8. The van der Waals surface area contributed by atoms with Gasteiger partial charge in [-0.1, -0.05) is 36.4 Å². The molecule has 0 radical (unpaired) electrons. The van der Waals surface area contributed by atoms with Crippen molar-refractivity contribution in [3.63, 3.8) is 0 Å². The smallest absolute Gasteiger partial charge is 0.338 e. The number of alkyl halides is 1. The topological polar surface area (TPSA) is 137 Å². The number of hydrogen-bond acceptors (Lipinski definition) is 8. The molecule has 0 spiro atoms. The van der Waals surface area contributed by atoms with Crippen LogP contribution in [-0.4, -0.2) is 51.3 Å². The highest BCUT2D eigenvalue weighted by Gasteiger charge is 2.61. The van der Waals surface area contributed by atoms with Gasteiger partial charge in [0.2, 0.25) is 6.23 Å². The summed E-state index contributed by atoms with van der Waals surface area (Å²) in [5.41, 5.74) is -1.43. The summed E-state index contributed by atoms with van der Waals surface area (Å²) in [6.07, 6.45) is -4.48. The quantitative estimate of drug-likeness (QED) is 0.502. The third-order valence-electron chi connectivity index (χ3n) is 5.42. The summed E-state index contributed by atoms with van der Waals surface area (Å²) in [4.78, 5) is 51.0. The van der Waals surface area contributed by atoms with Crippen LogP contribution in [0, 0.1) is 6.92 Å². The number of esters is 2. The number of nitrogens with zero attached hydrogens (tertiary/aromatic N) is 1. The van der Waals surface area contributed by atoms with Crippen molar-refractivity contribution < 1.29 is 33.3 Å². The highest BCUT2D eigenvalue weighted by atomic mass is 19.2. The molecule has 182 valence electrons. The molecule has 1 aliphatic heterocycles. The number of rotatable bonds is 6. The second-order valence-corrected chi connectivity index (χ2v) is 7.89. The Morgan fingerprint density at radius 3 is 2.23 bits per heavy atom. The minimum Gasteiger partial charge on any atom is -0.459 e. The van der Waals surface area contributed by atoms with Gasteiger partial charge in [0.05, 0.1) is 11.1 Å². The number of hydrogen-bond donors (Lipinski definition) is 2. The first kappa shape index (κ1) is 24.0. The second-order valence-electron chi connectivity index (χ2n) is 7.89. The van der Waals surface area contributed by atoms with Gasteiger partial charge in [0, 0.05) is 11.8 Å². The predicted octanol–water partition coefficient (Wildman–Crippen LogP) is 1.48. The lowest BCUT2D eigenvalue weighted by molar-refractivity contribution is -0.197. The minimum atomic E-state index is -3.43. The van der Waals surface area contributed by atoms with Crippen molar-refractivity contribution in [3.8, 4) is 0 Å². The van der Waals surface area contributed by atoms with E-state index in [9.17, 15) is 24.3 Å². The Bertz CT molecular complexity index is 1340. The van der Waals surface area contributed by atoms with Crippen LogP contribution in [0.4, 0.5) is 4.39 Å². The maximum Gasteiger partial charge on any atom is 0.338 e. The number of ether oxygens (including phenoxy) is 3. The second kappa shape index (κ2) is 9.65. The summed E-state index contributed by atoms with van der Waals surface area (Å²) in [5, 5.41) is 10.7. The Kier molecular flexibility index (Phi) is 6.63. The SMILES string of the molecule is Cc1cn([C@H]2O[C@@H](COC(=O)c3ccccc3)[C@H](OC(=O)c3ccccc3)[C@]2(O)F)c(=O)[nH]c1=O. The van der Waals surface area contributed by atoms with Crippen molar-refractivity contribution >= 4 is 11.9 Å². The van der Waals surface area contributed by atoms with Crippen LogP contribution in [0.5, 0.6) is 0 Å². The lowest BCUT2D eigenvalue weighted by Gasteiger charge is -2.26. The molecule has 0 aliphatic carbocycles. The fourth-order valence-corrected chi connectivity index (χ4v) is 3.61. The number of carbonyl (C=O) groups excluding carboxylic acids is 2. The number of aliphatic hydroxyl groups is 1. The number of aryl methyl sites for hydroxylation is 1. The Morgan fingerprint density at radius 1 is 1.06 bits per heavy atom. The molecule has 2 aromatic carbocycles. The van der Waals surface area contributed by atoms with E-state index < -0.39 is 54.1 Å². The largest absolute Gasteiger partial charge is 0.459 e. The Hall–Kier alpha value is -4.09. The van der Waals surface area contributed by atoms with Crippen molar-refractivity contribution in [1.82, 2.24) is 9.55 Å². The van der Waals surface area contributed by atoms with Crippen LogP contribution < -0.4 is 11.2 Å². The molecule has 4 rings (SSSR count). The molecule has 35 heavy (non-hydrogen) atoms. The van der Waals surface area contributed by atoms with Gasteiger partial charge in [0.1, 0.15) is 12.7 Å². The van der Waals surface area contributed by atoms with E-state index in [4.69, 9.17) is 14.2 Å². The molecule has 10 nitrogen and oxygen atoms in total. The van der Waals surface area contributed by atoms with Gasteiger partial charge in [-0.25, -0.2) is 18.8 Å². The van der Waals surface area contributed by atoms with Crippen molar-refractivity contribution in [2.75, 3.05) is 6.61 Å². The number of aromatic nitrogens is 2. The van der Waals surface area contributed by atoms with Gasteiger partial charge in [-0.05, 0) is 31.2 Å². The number of benzene rings is 2. The standard InChI is InChI=1S/C24H21FN2O8/c1-14-12-27(23(31)26-19(14)28)22-24(25,32)18(35-21(30)16-10-6-3-7-11-16)17(34-22)13-33-20(29)15-8-4-2-5-9-15/h2-12,17-18,22,32H,13H2,1H3,(H,26,28,31)/t17-,18-,22-,24+/m0/s1.